The number of carbonyl (C=O) groups is 1. The van der Waals surface area contributed by atoms with Gasteiger partial charge in [0.05, 0.1) is 0 Å². The molecule has 102 valence electrons. The third-order valence-corrected chi connectivity index (χ3v) is 3.61. The van der Waals surface area contributed by atoms with Gasteiger partial charge in [0.2, 0.25) is 0 Å². The van der Waals surface area contributed by atoms with E-state index in [1.54, 1.807) is 0 Å². The summed E-state index contributed by atoms with van der Waals surface area (Å²) >= 11 is 0. The number of hydrogen-bond donors (Lipinski definition) is 1. The molecule has 4 heteroatoms. The third-order valence-electron chi connectivity index (χ3n) is 3.61. The van der Waals surface area contributed by atoms with E-state index in [1.165, 1.54) is 0 Å². The van der Waals surface area contributed by atoms with Crippen molar-refractivity contribution >= 4 is 16.8 Å². The molecule has 0 saturated heterocycles. The van der Waals surface area contributed by atoms with Gasteiger partial charge >= 0.3 is 0 Å². The Kier molecular flexibility index (Phi) is 3.90. The number of carbonyl (C=O) groups excluding carboxylic acids is 1. The van der Waals surface area contributed by atoms with Crippen LogP contribution in [-0.2, 0) is 7.05 Å². The molecule has 0 saturated carbocycles. The summed E-state index contributed by atoms with van der Waals surface area (Å²) in [7, 11) is 6.00. The van der Waals surface area contributed by atoms with E-state index in [2.05, 4.69) is 17.1 Å². The van der Waals surface area contributed by atoms with Crippen LogP contribution in [0.4, 0.5) is 0 Å². The molecule has 0 bridgehead atoms. The highest BCUT2D eigenvalue weighted by Gasteiger charge is 2.12. The summed E-state index contributed by atoms with van der Waals surface area (Å²) in [6, 6.07) is 8.12. The van der Waals surface area contributed by atoms with Crippen molar-refractivity contribution in [1.82, 2.24) is 14.8 Å². The smallest absolute Gasteiger partial charge is 0.252 e. The van der Waals surface area contributed by atoms with Crippen LogP contribution in [0.5, 0.6) is 0 Å². The monoisotopic (exact) mass is 259 g/mol. The molecular weight excluding hydrogens is 238 g/mol. The van der Waals surface area contributed by atoms with Gasteiger partial charge in [-0.05, 0) is 39.2 Å². The van der Waals surface area contributed by atoms with Crippen LogP contribution in [0.1, 0.15) is 17.3 Å². The summed E-state index contributed by atoms with van der Waals surface area (Å²) in [5, 5.41) is 3.99. The van der Waals surface area contributed by atoms with Crippen LogP contribution in [0.3, 0.4) is 0 Å². The molecule has 1 heterocycles. The van der Waals surface area contributed by atoms with Crippen LogP contribution < -0.4 is 5.32 Å². The molecule has 0 radical (unpaired) electrons. The number of aromatic nitrogens is 1. The van der Waals surface area contributed by atoms with Crippen LogP contribution in [0, 0.1) is 0 Å². The Morgan fingerprint density at radius 3 is 2.79 bits per heavy atom. The Labute approximate surface area is 114 Å². The quantitative estimate of drug-likeness (QED) is 0.910. The minimum Gasteiger partial charge on any atom is -0.351 e. The lowest BCUT2D eigenvalue weighted by Gasteiger charge is -2.20. The predicted octanol–water partition coefficient (Wildman–Crippen LogP) is 1.86. The zero-order valence-electron chi connectivity index (χ0n) is 12.0. The van der Waals surface area contributed by atoms with Gasteiger partial charge in [-0.3, -0.25) is 4.79 Å². The first-order valence-corrected chi connectivity index (χ1v) is 6.49. The van der Waals surface area contributed by atoms with Crippen molar-refractivity contribution in [3.63, 3.8) is 0 Å². The van der Waals surface area contributed by atoms with E-state index in [-0.39, 0.29) is 5.91 Å². The highest BCUT2D eigenvalue weighted by Crippen LogP contribution is 2.19. The number of nitrogens with one attached hydrogen (secondary N) is 1. The number of likely N-dealkylation sites (N-methyl/N-ethyl adjacent to an activating group) is 1. The molecule has 2 rings (SSSR count). The van der Waals surface area contributed by atoms with E-state index in [9.17, 15) is 4.79 Å². The van der Waals surface area contributed by atoms with Gasteiger partial charge in [0.25, 0.3) is 5.91 Å². The Balaban J connectivity index is 2.18. The van der Waals surface area contributed by atoms with Crippen molar-refractivity contribution in [2.45, 2.75) is 13.0 Å². The van der Waals surface area contributed by atoms with E-state index in [4.69, 9.17) is 0 Å². The molecule has 0 aliphatic rings. The molecule has 1 aromatic carbocycles. The van der Waals surface area contributed by atoms with Gasteiger partial charge < -0.3 is 14.8 Å². The number of aryl methyl sites for hydroxylation is 1. The van der Waals surface area contributed by atoms with Gasteiger partial charge in [-0.2, -0.15) is 0 Å². The maximum Gasteiger partial charge on any atom is 0.252 e. The van der Waals surface area contributed by atoms with Crippen LogP contribution in [0.25, 0.3) is 10.9 Å². The highest BCUT2D eigenvalue weighted by molar-refractivity contribution is 6.06. The van der Waals surface area contributed by atoms with Crippen LogP contribution in [-0.4, -0.2) is 42.1 Å². The van der Waals surface area contributed by atoms with E-state index >= 15 is 0 Å². The fraction of sp³-hybridized carbons (Fsp3) is 0.400. The summed E-state index contributed by atoms with van der Waals surface area (Å²) < 4.78 is 2.02. The predicted molar refractivity (Wildman–Crippen MR) is 78.4 cm³/mol. The summed E-state index contributed by atoms with van der Waals surface area (Å²) in [6.07, 6.45) is 1.98. The van der Waals surface area contributed by atoms with Gasteiger partial charge in [-0.25, -0.2) is 0 Å². The second kappa shape index (κ2) is 5.45. The van der Waals surface area contributed by atoms with Gasteiger partial charge in [0.15, 0.2) is 0 Å². The highest BCUT2D eigenvalue weighted by atomic mass is 16.1. The second-order valence-electron chi connectivity index (χ2n) is 5.19. The fourth-order valence-electron chi connectivity index (χ4n) is 2.02. The van der Waals surface area contributed by atoms with Crippen molar-refractivity contribution in [2.24, 2.45) is 7.05 Å². The van der Waals surface area contributed by atoms with Crippen molar-refractivity contribution < 1.29 is 4.79 Å². The number of rotatable bonds is 4. The van der Waals surface area contributed by atoms with E-state index in [0.717, 1.165) is 16.5 Å². The lowest BCUT2D eigenvalue weighted by atomic mass is 10.1. The molecule has 0 fully saturated rings. The van der Waals surface area contributed by atoms with Gasteiger partial charge in [0, 0.05) is 42.3 Å². The lowest BCUT2D eigenvalue weighted by molar-refractivity contribution is 0.0945. The number of fused-ring (bicyclic) bond motifs is 1. The molecule has 0 unspecified atom stereocenters. The van der Waals surface area contributed by atoms with Gasteiger partial charge in [-0.15, -0.1) is 0 Å². The molecule has 1 atom stereocenters. The summed E-state index contributed by atoms with van der Waals surface area (Å²) in [5.41, 5.74) is 1.82. The SMILES string of the molecule is C[C@@H](CNC(=O)c1cccc2c1ccn2C)N(C)C. The topological polar surface area (TPSA) is 37.3 Å². The first-order valence-electron chi connectivity index (χ1n) is 6.49. The molecule has 0 aliphatic carbocycles. The average Bonchev–Trinajstić information content (AvgIpc) is 2.77. The largest absolute Gasteiger partial charge is 0.351 e. The van der Waals surface area contributed by atoms with E-state index < -0.39 is 0 Å². The maximum absolute atomic E-state index is 12.3. The minimum atomic E-state index is -0.00880. The Morgan fingerprint density at radius 1 is 1.37 bits per heavy atom. The van der Waals surface area contributed by atoms with Crippen LogP contribution in [0.2, 0.25) is 0 Å². The third kappa shape index (κ3) is 2.79. The van der Waals surface area contributed by atoms with E-state index in [0.29, 0.717) is 12.6 Å². The van der Waals surface area contributed by atoms with Crippen molar-refractivity contribution in [3.05, 3.63) is 36.0 Å². The molecule has 1 aromatic heterocycles. The maximum atomic E-state index is 12.3. The molecule has 4 nitrogen and oxygen atoms in total. The normalized spacial score (nSPS) is 12.9. The Morgan fingerprint density at radius 2 is 2.11 bits per heavy atom. The van der Waals surface area contributed by atoms with Crippen LogP contribution in [0.15, 0.2) is 30.5 Å². The van der Waals surface area contributed by atoms with Crippen molar-refractivity contribution in [2.75, 3.05) is 20.6 Å². The van der Waals surface area contributed by atoms with Crippen LogP contribution >= 0.6 is 0 Å². The first kappa shape index (κ1) is 13.6. The molecule has 2 aromatic rings. The molecular formula is C15H21N3O. The lowest BCUT2D eigenvalue weighted by Crippen LogP contribution is -2.38. The number of benzene rings is 1. The molecule has 1 N–H and O–H groups in total. The number of hydrogen-bond acceptors (Lipinski definition) is 2. The average molecular weight is 259 g/mol. The zero-order chi connectivity index (χ0) is 14.0. The van der Waals surface area contributed by atoms with Gasteiger partial charge in [0.1, 0.15) is 0 Å². The molecule has 1 amide bonds. The number of nitrogens with zero attached hydrogens (tertiary/aromatic N) is 2. The van der Waals surface area contributed by atoms with E-state index in [1.807, 2.05) is 56.2 Å². The number of amides is 1. The molecule has 0 aliphatic heterocycles. The Hall–Kier alpha value is -1.81. The Bertz CT molecular complexity index is 586. The zero-order valence-corrected chi connectivity index (χ0v) is 12.0. The summed E-state index contributed by atoms with van der Waals surface area (Å²) in [5.74, 6) is -0.00880. The first-order chi connectivity index (χ1) is 9.00. The molecule has 19 heavy (non-hydrogen) atoms. The fourth-order valence-corrected chi connectivity index (χ4v) is 2.02. The second-order valence-corrected chi connectivity index (χ2v) is 5.19. The molecule has 0 spiro atoms. The summed E-state index contributed by atoms with van der Waals surface area (Å²) in [4.78, 5) is 14.3. The van der Waals surface area contributed by atoms with Crippen molar-refractivity contribution in [1.29, 1.82) is 0 Å². The minimum absolute atomic E-state index is 0.00880. The standard InChI is InChI=1S/C15H21N3O/c1-11(17(2)3)10-16-15(19)13-6-5-7-14-12(13)8-9-18(14)4/h5-9,11H,10H2,1-4H3,(H,16,19)/t11-/m0/s1. The van der Waals surface area contributed by atoms with Gasteiger partial charge in [-0.1, -0.05) is 6.07 Å². The van der Waals surface area contributed by atoms with Crippen molar-refractivity contribution in [3.8, 4) is 0 Å². The summed E-state index contributed by atoms with van der Waals surface area (Å²) in [6.45, 7) is 2.73.